The van der Waals surface area contributed by atoms with Crippen molar-refractivity contribution >= 4 is 5.69 Å². The molecule has 0 aromatic heterocycles. The number of anilines is 1. The van der Waals surface area contributed by atoms with Crippen LogP contribution in [0.3, 0.4) is 0 Å². The summed E-state index contributed by atoms with van der Waals surface area (Å²) in [6.45, 7) is 3.41. The molecule has 1 aromatic carbocycles. The molecule has 1 fully saturated rings. The predicted molar refractivity (Wildman–Crippen MR) is 66.4 cm³/mol. The maximum absolute atomic E-state index is 8.77. The van der Waals surface area contributed by atoms with Gasteiger partial charge in [-0.2, -0.15) is 5.26 Å². The zero-order valence-corrected chi connectivity index (χ0v) is 9.82. The van der Waals surface area contributed by atoms with Gasteiger partial charge in [-0.15, -0.1) is 0 Å². The number of benzene rings is 1. The Balaban J connectivity index is 2.18. The fraction of sp³-hybridized carbons (Fsp3) is 0.500. The third kappa shape index (κ3) is 2.19. The Bertz CT molecular complexity index is 375. The van der Waals surface area contributed by atoms with Crippen molar-refractivity contribution in [2.75, 3.05) is 11.4 Å². The molecule has 2 rings (SSSR count). The SMILES string of the molecule is CCC1CCCCN1c1ccc(C#N)cc1. The summed E-state index contributed by atoms with van der Waals surface area (Å²) >= 11 is 0. The van der Waals surface area contributed by atoms with Crippen molar-refractivity contribution in [1.29, 1.82) is 5.26 Å². The molecule has 1 unspecified atom stereocenters. The van der Waals surface area contributed by atoms with Gasteiger partial charge in [-0.3, -0.25) is 0 Å². The molecule has 1 heterocycles. The fourth-order valence-corrected chi connectivity index (χ4v) is 2.49. The van der Waals surface area contributed by atoms with Crippen LogP contribution in [-0.2, 0) is 0 Å². The van der Waals surface area contributed by atoms with Gasteiger partial charge in [-0.1, -0.05) is 6.92 Å². The van der Waals surface area contributed by atoms with E-state index >= 15 is 0 Å². The van der Waals surface area contributed by atoms with E-state index in [0.717, 1.165) is 12.1 Å². The molecular weight excluding hydrogens is 196 g/mol. The molecular formula is C14H18N2. The van der Waals surface area contributed by atoms with E-state index in [0.29, 0.717) is 6.04 Å². The van der Waals surface area contributed by atoms with E-state index < -0.39 is 0 Å². The van der Waals surface area contributed by atoms with Gasteiger partial charge in [0.25, 0.3) is 0 Å². The summed E-state index contributed by atoms with van der Waals surface area (Å²) in [5.41, 5.74) is 2.01. The Morgan fingerprint density at radius 1 is 1.31 bits per heavy atom. The van der Waals surface area contributed by atoms with Gasteiger partial charge in [-0.25, -0.2) is 0 Å². The molecule has 0 amide bonds. The standard InChI is InChI=1S/C14H18N2/c1-2-13-5-3-4-10-16(13)14-8-6-12(11-15)7-9-14/h6-9,13H,2-5,10H2,1H3. The van der Waals surface area contributed by atoms with Gasteiger partial charge in [0.1, 0.15) is 0 Å². The molecule has 84 valence electrons. The largest absolute Gasteiger partial charge is 0.369 e. The Morgan fingerprint density at radius 2 is 2.06 bits per heavy atom. The number of rotatable bonds is 2. The molecule has 1 aliphatic rings. The van der Waals surface area contributed by atoms with Crippen LogP contribution in [0.25, 0.3) is 0 Å². The van der Waals surface area contributed by atoms with E-state index in [1.807, 2.05) is 12.1 Å². The zero-order valence-electron chi connectivity index (χ0n) is 9.82. The predicted octanol–water partition coefficient (Wildman–Crippen LogP) is 3.33. The molecule has 1 aliphatic heterocycles. The van der Waals surface area contributed by atoms with Gasteiger partial charge in [0.2, 0.25) is 0 Å². The first-order valence-electron chi connectivity index (χ1n) is 6.12. The summed E-state index contributed by atoms with van der Waals surface area (Å²) in [6.07, 6.45) is 5.15. The summed E-state index contributed by atoms with van der Waals surface area (Å²) in [5.74, 6) is 0. The molecule has 0 N–H and O–H groups in total. The first-order valence-corrected chi connectivity index (χ1v) is 6.12. The first kappa shape index (κ1) is 11.0. The van der Waals surface area contributed by atoms with Crippen LogP contribution < -0.4 is 4.90 Å². The van der Waals surface area contributed by atoms with Crippen LogP contribution in [0.15, 0.2) is 24.3 Å². The van der Waals surface area contributed by atoms with Crippen molar-refractivity contribution in [2.45, 2.75) is 38.6 Å². The van der Waals surface area contributed by atoms with Gasteiger partial charge in [0.05, 0.1) is 11.6 Å². The van der Waals surface area contributed by atoms with Crippen LogP contribution in [0.2, 0.25) is 0 Å². The second kappa shape index (κ2) is 5.03. The summed E-state index contributed by atoms with van der Waals surface area (Å²) < 4.78 is 0. The summed E-state index contributed by atoms with van der Waals surface area (Å²) in [6, 6.07) is 10.8. The molecule has 2 nitrogen and oxygen atoms in total. The van der Waals surface area contributed by atoms with E-state index in [2.05, 4.69) is 30.0 Å². The smallest absolute Gasteiger partial charge is 0.0991 e. The van der Waals surface area contributed by atoms with Crippen molar-refractivity contribution < 1.29 is 0 Å². The minimum atomic E-state index is 0.682. The van der Waals surface area contributed by atoms with Crippen molar-refractivity contribution in [3.8, 4) is 6.07 Å². The second-order valence-electron chi connectivity index (χ2n) is 4.41. The Kier molecular flexibility index (Phi) is 3.46. The molecule has 0 bridgehead atoms. The van der Waals surface area contributed by atoms with Crippen molar-refractivity contribution in [1.82, 2.24) is 0 Å². The third-order valence-electron chi connectivity index (χ3n) is 3.43. The average molecular weight is 214 g/mol. The van der Waals surface area contributed by atoms with E-state index in [4.69, 9.17) is 5.26 Å². The lowest BCUT2D eigenvalue weighted by Gasteiger charge is -2.37. The van der Waals surface area contributed by atoms with Crippen LogP contribution in [0.1, 0.15) is 38.2 Å². The van der Waals surface area contributed by atoms with Gasteiger partial charge in [0.15, 0.2) is 0 Å². The fourth-order valence-electron chi connectivity index (χ4n) is 2.49. The average Bonchev–Trinajstić information content (AvgIpc) is 2.39. The Labute approximate surface area is 97.5 Å². The number of nitriles is 1. The number of hydrogen-bond donors (Lipinski definition) is 0. The second-order valence-corrected chi connectivity index (χ2v) is 4.41. The molecule has 16 heavy (non-hydrogen) atoms. The number of hydrogen-bond acceptors (Lipinski definition) is 2. The van der Waals surface area contributed by atoms with Crippen molar-refractivity contribution in [3.05, 3.63) is 29.8 Å². The number of piperidine rings is 1. The minimum absolute atomic E-state index is 0.682. The molecule has 0 radical (unpaired) electrons. The van der Waals surface area contributed by atoms with Crippen LogP contribution >= 0.6 is 0 Å². The molecule has 0 saturated carbocycles. The Hall–Kier alpha value is -1.49. The van der Waals surface area contributed by atoms with Crippen LogP contribution in [0.4, 0.5) is 5.69 Å². The maximum Gasteiger partial charge on any atom is 0.0991 e. The highest BCUT2D eigenvalue weighted by Gasteiger charge is 2.20. The van der Waals surface area contributed by atoms with Crippen LogP contribution in [0.5, 0.6) is 0 Å². The third-order valence-corrected chi connectivity index (χ3v) is 3.43. The summed E-state index contributed by atoms with van der Waals surface area (Å²) in [4.78, 5) is 2.49. The van der Waals surface area contributed by atoms with Crippen molar-refractivity contribution in [3.63, 3.8) is 0 Å². The van der Waals surface area contributed by atoms with Gasteiger partial charge >= 0.3 is 0 Å². The highest BCUT2D eigenvalue weighted by Crippen LogP contribution is 2.26. The summed E-state index contributed by atoms with van der Waals surface area (Å²) in [7, 11) is 0. The highest BCUT2D eigenvalue weighted by molar-refractivity contribution is 5.50. The van der Waals surface area contributed by atoms with Gasteiger partial charge in [0, 0.05) is 18.3 Å². The minimum Gasteiger partial charge on any atom is -0.369 e. The first-order chi connectivity index (χ1) is 7.85. The molecule has 1 atom stereocenters. The van der Waals surface area contributed by atoms with Gasteiger partial charge < -0.3 is 4.90 Å². The molecule has 0 spiro atoms. The van der Waals surface area contributed by atoms with Gasteiger partial charge in [-0.05, 0) is 49.9 Å². The molecule has 1 aromatic rings. The van der Waals surface area contributed by atoms with E-state index in [1.54, 1.807) is 0 Å². The maximum atomic E-state index is 8.77. The highest BCUT2D eigenvalue weighted by atomic mass is 15.2. The lowest BCUT2D eigenvalue weighted by atomic mass is 9.99. The topological polar surface area (TPSA) is 27.0 Å². The molecule has 2 heteroatoms. The lowest BCUT2D eigenvalue weighted by molar-refractivity contribution is 0.450. The van der Waals surface area contributed by atoms with Crippen LogP contribution in [0, 0.1) is 11.3 Å². The molecule has 1 saturated heterocycles. The normalized spacial score (nSPS) is 20.5. The zero-order chi connectivity index (χ0) is 11.4. The van der Waals surface area contributed by atoms with E-state index in [1.165, 1.54) is 31.4 Å². The summed E-state index contributed by atoms with van der Waals surface area (Å²) in [5, 5.41) is 8.77. The van der Waals surface area contributed by atoms with Crippen LogP contribution in [-0.4, -0.2) is 12.6 Å². The van der Waals surface area contributed by atoms with E-state index in [-0.39, 0.29) is 0 Å². The lowest BCUT2D eigenvalue weighted by Crippen LogP contribution is -2.39. The number of nitrogens with zero attached hydrogens (tertiary/aromatic N) is 2. The monoisotopic (exact) mass is 214 g/mol. The van der Waals surface area contributed by atoms with E-state index in [9.17, 15) is 0 Å². The Morgan fingerprint density at radius 3 is 2.69 bits per heavy atom. The quantitative estimate of drug-likeness (QED) is 0.755. The van der Waals surface area contributed by atoms with Crippen molar-refractivity contribution in [2.24, 2.45) is 0 Å². The molecule has 0 aliphatic carbocycles.